The van der Waals surface area contributed by atoms with Gasteiger partial charge in [-0.2, -0.15) is 5.10 Å². The van der Waals surface area contributed by atoms with Crippen LogP contribution in [-0.2, 0) is 10.0 Å². The average Bonchev–Trinajstić information content (AvgIpc) is 2.75. The van der Waals surface area contributed by atoms with Gasteiger partial charge in [0.05, 0.1) is 23.3 Å². The monoisotopic (exact) mass is 363 g/mol. The second kappa shape index (κ2) is 7.43. The maximum atomic E-state index is 12.5. The third kappa shape index (κ3) is 4.31. The molecule has 2 heterocycles. The van der Waals surface area contributed by atoms with E-state index in [1.807, 2.05) is 6.07 Å². The van der Waals surface area contributed by atoms with Gasteiger partial charge in [-0.25, -0.2) is 13.4 Å². The summed E-state index contributed by atoms with van der Waals surface area (Å²) in [5.74, 6) is 0.783. The van der Waals surface area contributed by atoms with Gasteiger partial charge in [-0.15, -0.1) is 0 Å². The van der Waals surface area contributed by atoms with Crippen LogP contribution in [-0.4, -0.2) is 29.6 Å². The minimum Gasteiger partial charge on any atom is -0.367 e. The summed E-state index contributed by atoms with van der Waals surface area (Å²) < 4.78 is 27.6. The summed E-state index contributed by atoms with van der Waals surface area (Å²) in [6.45, 7) is 3.35. The highest BCUT2D eigenvalue weighted by Crippen LogP contribution is 2.23. The van der Waals surface area contributed by atoms with Crippen LogP contribution in [0.4, 0.5) is 11.5 Å². The summed E-state index contributed by atoms with van der Waals surface area (Å²) in [6, 6.07) is 4.00. The van der Waals surface area contributed by atoms with E-state index in [9.17, 15) is 8.42 Å². The van der Waals surface area contributed by atoms with Crippen molar-refractivity contribution in [1.82, 2.24) is 15.2 Å². The Morgan fingerprint density at radius 1 is 1.12 bits per heavy atom. The minimum absolute atomic E-state index is 0.188. The van der Waals surface area contributed by atoms with E-state index in [1.165, 1.54) is 25.7 Å². The molecular formula is C17H25N5O2S. The standard InChI is InChI=1S/C17H25N5O2S/c1-12-17(13(2)21-20-12)25(23,24)22-15-9-10-16(18-11-15)19-14-7-5-3-4-6-8-14/h9-11,14,22H,3-8H2,1-2H3,(H,18,19)(H,20,21). The van der Waals surface area contributed by atoms with Crippen molar-refractivity contribution in [3.63, 3.8) is 0 Å². The zero-order chi connectivity index (χ0) is 17.9. The van der Waals surface area contributed by atoms with Crippen molar-refractivity contribution in [2.75, 3.05) is 10.0 Å². The Morgan fingerprint density at radius 2 is 1.84 bits per heavy atom. The Labute approximate surface area is 148 Å². The number of nitrogens with zero attached hydrogens (tertiary/aromatic N) is 2. The highest BCUT2D eigenvalue weighted by Gasteiger charge is 2.22. The number of rotatable bonds is 5. The van der Waals surface area contributed by atoms with Crippen molar-refractivity contribution < 1.29 is 8.42 Å². The zero-order valence-electron chi connectivity index (χ0n) is 14.7. The lowest BCUT2D eigenvalue weighted by Gasteiger charge is -2.17. The fourth-order valence-corrected chi connectivity index (χ4v) is 4.73. The number of pyridine rings is 1. The number of sulfonamides is 1. The first-order chi connectivity index (χ1) is 12.0. The van der Waals surface area contributed by atoms with Crippen LogP contribution in [0, 0.1) is 13.8 Å². The number of anilines is 2. The van der Waals surface area contributed by atoms with E-state index in [0.717, 1.165) is 18.7 Å². The number of aromatic nitrogens is 3. The first-order valence-corrected chi connectivity index (χ1v) is 10.2. The molecule has 25 heavy (non-hydrogen) atoms. The van der Waals surface area contributed by atoms with Gasteiger partial charge in [-0.05, 0) is 38.8 Å². The van der Waals surface area contributed by atoms with E-state index in [4.69, 9.17) is 0 Å². The summed E-state index contributed by atoms with van der Waals surface area (Å²) >= 11 is 0. The van der Waals surface area contributed by atoms with Crippen LogP contribution in [0.2, 0.25) is 0 Å². The van der Waals surface area contributed by atoms with Gasteiger partial charge in [0.15, 0.2) is 0 Å². The second-order valence-electron chi connectivity index (χ2n) is 6.63. The van der Waals surface area contributed by atoms with Gasteiger partial charge in [0.25, 0.3) is 10.0 Å². The van der Waals surface area contributed by atoms with Crippen LogP contribution in [0.15, 0.2) is 23.2 Å². The molecule has 3 rings (SSSR count). The zero-order valence-corrected chi connectivity index (χ0v) is 15.5. The van der Waals surface area contributed by atoms with E-state index >= 15 is 0 Å². The topological polar surface area (TPSA) is 99.8 Å². The number of H-pyrrole nitrogens is 1. The predicted octanol–water partition coefficient (Wildman–Crippen LogP) is 3.36. The molecule has 0 amide bonds. The quantitative estimate of drug-likeness (QED) is 0.707. The molecule has 136 valence electrons. The third-order valence-electron chi connectivity index (χ3n) is 4.55. The first kappa shape index (κ1) is 17.7. The van der Waals surface area contributed by atoms with Crippen LogP contribution in [0.5, 0.6) is 0 Å². The van der Waals surface area contributed by atoms with Crippen molar-refractivity contribution in [3.8, 4) is 0 Å². The molecule has 0 aliphatic heterocycles. The van der Waals surface area contributed by atoms with Gasteiger partial charge in [-0.3, -0.25) is 9.82 Å². The van der Waals surface area contributed by atoms with E-state index < -0.39 is 10.0 Å². The van der Waals surface area contributed by atoms with Crippen LogP contribution < -0.4 is 10.0 Å². The summed E-state index contributed by atoms with van der Waals surface area (Å²) in [6.07, 6.45) is 8.97. The van der Waals surface area contributed by atoms with Crippen LogP contribution in [0.1, 0.15) is 49.9 Å². The Bertz CT molecular complexity index is 787. The smallest absolute Gasteiger partial charge is 0.265 e. The largest absolute Gasteiger partial charge is 0.367 e. The molecular weight excluding hydrogens is 338 g/mol. The highest BCUT2D eigenvalue weighted by atomic mass is 32.2. The number of hydrogen-bond acceptors (Lipinski definition) is 5. The molecule has 1 aliphatic carbocycles. The molecule has 1 fully saturated rings. The van der Waals surface area contributed by atoms with Crippen molar-refractivity contribution in [2.24, 2.45) is 0 Å². The molecule has 7 nitrogen and oxygen atoms in total. The first-order valence-electron chi connectivity index (χ1n) is 8.73. The molecule has 3 N–H and O–H groups in total. The van der Waals surface area contributed by atoms with Crippen molar-refractivity contribution in [3.05, 3.63) is 29.7 Å². The molecule has 0 atom stereocenters. The SMILES string of the molecule is Cc1n[nH]c(C)c1S(=O)(=O)Nc1ccc(NC2CCCCCC2)nc1. The lowest BCUT2D eigenvalue weighted by atomic mass is 10.1. The predicted molar refractivity (Wildman–Crippen MR) is 98.2 cm³/mol. The molecule has 2 aromatic heterocycles. The summed E-state index contributed by atoms with van der Waals surface area (Å²) in [5.41, 5.74) is 1.40. The highest BCUT2D eigenvalue weighted by molar-refractivity contribution is 7.92. The van der Waals surface area contributed by atoms with Gasteiger partial charge >= 0.3 is 0 Å². The molecule has 0 unspecified atom stereocenters. The molecule has 0 saturated heterocycles. The Hall–Kier alpha value is -2.09. The molecule has 0 aromatic carbocycles. The normalized spacial score (nSPS) is 16.4. The van der Waals surface area contributed by atoms with E-state index in [1.54, 1.807) is 26.1 Å². The number of hydrogen-bond donors (Lipinski definition) is 3. The van der Waals surface area contributed by atoms with Crippen LogP contribution in [0.25, 0.3) is 0 Å². The second-order valence-corrected chi connectivity index (χ2v) is 8.25. The molecule has 1 saturated carbocycles. The van der Waals surface area contributed by atoms with Crippen molar-refractivity contribution in [2.45, 2.75) is 63.3 Å². The van der Waals surface area contributed by atoms with Crippen molar-refractivity contribution >= 4 is 21.5 Å². The van der Waals surface area contributed by atoms with E-state index in [2.05, 4.69) is 25.2 Å². The van der Waals surface area contributed by atoms with Gasteiger partial charge < -0.3 is 5.32 Å². The van der Waals surface area contributed by atoms with Crippen LogP contribution in [0.3, 0.4) is 0 Å². The lowest BCUT2D eigenvalue weighted by Crippen LogP contribution is -2.19. The Balaban J connectivity index is 1.68. The molecule has 0 spiro atoms. The molecule has 1 aliphatic rings. The van der Waals surface area contributed by atoms with Gasteiger partial charge in [-0.1, -0.05) is 25.7 Å². The third-order valence-corrected chi connectivity index (χ3v) is 6.20. The number of aromatic amines is 1. The maximum absolute atomic E-state index is 12.5. The summed E-state index contributed by atoms with van der Waals surface area (Å²) in [4.78, 5) is 4.54. The van der Waals surface area contributed by atoms with E-state index in [-0.39, 0.29) is 4.90 Å². The van der Waals surface area contributed by atoms with Crippen LogP contribution >= 0.6 is 0 Å². The maximum Gasteiger partial charge on any atom is 0.265 e. The van der Waals surface area contributed by atoms with Crippen molar-refractivity contribution in [1.29, 1.82) is 0 Å². The number of aryl methyl sites for hydroxylation is 2. The fraction of sp³-hybridized carbons (Fsp3) is 0.529. The minimum atomic E-state index is -3.68. The van der Waals surface area contributed by atoms with E-state index in [0.29, 0.717) is 23.1 Å². The van der Waals surface area contributed by atoms with Gasteiger partial charge in [0, 0.05) is 6.04 Å². The Kier molecular flexibility index (Phi) is 5.27. The number of nitrogens with one attached hydrogen (secondary N) is 3. The Morgan fingerprint density at radius 3 is 2.40 bits per heavy atom. The summed E-state index contributed by atoms with van der Waals surface area (Å²) in [7, 11) is -3.68. The van der Waals surface area contributed by atoms with Gasteiger partial charge in [0.2, 0.25) is 0 Å². The van der Waals surface area contributed by atoms with Gasteiger partial charge in [0.1, 0.15) is 10.7 Å². The molecule has 2 aromatic rings. The lowest BCUT2D eigenvalue weighted by molar-refractivity contribution is 0.600. The fourth-order valence-electron chi connectivity index (χ4n) is 3.32. The molecule has 0 radical (unpaired) electrons. The molecule has 8 heteroatoms. The average molecular weight is 363 g/mol. The summed E-state index contributed by atoms with van der Waals surface area (Å²) in [5, 5.41) is 10.1. The molecule has 0 bridgehead atoms.